The molecule has 14 nitrogen and oxygen atoms in total. The summed E-state index contributed by atoms with van der Waals surface area (Å²) >= 11 is 0. The van der Waals surface area contributed by atoms with E-state index in [0.717, 1.165) is 6.20 Å². The fourth-order valence-corrected chi connectivity index (χ4v) is 6.60. The number of hydrogen-bond acceptors (Lipinski definition) is 11. The predicted octanol–water partition coefficient (Wildman–Crippen LogP) is 3.95. The van der Waals surface area contributed by atoms with Crippen molar-refractivity contribution in [2.75, 3.05) is 32.6 Å². The zero-order chi connectivity index (χ0) is 33.6. The quantitative estimate of drug-likeness (QED) is 0.210. The number of likely N-dealkylation sites (tertiary alicyclic amines) is 1. The zero-order valence-corrected chi connectivity index (χ0v) is 26.4. The second kappa shape index (κ2) is 14.6. The maximum atomic E-state index is 16.0. The van der Waals surface area contributed by atoms with Crippen molar-refractivity contribution in [2.24, 2.45) is 0 Å². The molecular formula is C30H34F2N5O9P. The molecule has 2 fully saturated rings. The molecular weight excluding hydrogens is 643 g/mol. The molecule has 5 atom stereocenters. The number of hydrogen-bond donors (Lipinski definition) is 2. The van der Waals surface area contributed by atoms with Crippen LogP contribution in [0.2, 0.25) is 0 Å². The Labute approximate surface area is 268 Å². The van der Waals surface area contributed by atoms with Gasteiger partial charge in [-0.05, 0) is 36.6 Å². The van der Waals surface area contributed by atoms with E-state index in [9.17, 15) is 18.9 Å². The molecule has 3 heterocycles. The molecule has 2 aliphatic rings. The average Bonchev–Trinajstić information content (AvgIpc) is 3.30. The molecule has 2 N–H and O–H groups in total. The molecule has 252 valence electrons. The van der Waals surface area contributed by atoms with Gasteiger partial charge >= 0.3 is 25.5 Å². The second-order valence-electron chi connectivity index (χ2n) is 10.8. The third-order valence-corrected chi connectivity index (χ3v) is 9.03. The van der Waals surface area contributed by atoms with Crippen LogP contribution >= 0.6 is 7.75 Å². The Morgan fingerprint density at radius 2 is 1.81 bits per heavy atom. The lowest BCUT2D eigenvalue weighted by Crippen LogP contribution is -2.48. The molecule has 0 aliphatic carbocycles. The highest BCUT2D eigenvalue weighted by Crippen LogP contribution is 2.49. The molecule has 17 heteroatoms. The smallest absolute Gasteiger partial charge is 0.429 e. The number of alkyl halides is 2. The summed E-state index contributed by atoms with van der Waals surface area (Å²) in [5, 5.41) is 5.27. The van der Waals surface area contributed by atoms with Crippen LogP contribution in [0, 0.1) is 0 Å². The lowest BCUT2D eigenvalue weighted by molar-refractivity contribution is -0.146. The molecule has 2 aliphatic heterocycles. The Morgan fingerprint density at radius 1 is 1.11 bits per heavy atom. The fraction of sp³-hybridized carbons (Fsp3) is 0.400. The zero-order valence-electron chi connectivity index (χ0n) is 25.5. The van der Waals surface area contributed by atoms with Gasteiger partial charge in [-0.15, -0.1) is 0 Å². The summed E-state index contributed by atoms with van der Waals surface area (Å²) in [6.45, 7) is -0.656. The predicted molar refractivity (Wildman–Crippen MR) is 163 cm³/mol. The molecule has 3 aromatic rings. The molecule has 2 aromatic carbocycles. The van der Waals surface area contributed by atoms with Gasteiger partial charge in [0.1, 0.15) is 24.3 Å². The van der Waals surface area contributed by atoms with Gasteiger partial charge in [0.2, 0.25) is 18.2 Å². The first-order chi connectivity index (χ1) is 22.5. The molecule has 1 amide bonds. The van der Waals surface area contributed by atoms with Crippen LogP contribution in [0.25, 0.3) is 0 Å². The van der Waals surface area contributed by atoms with E-state index in [2.05, 4.69) is 15.4 Å². The number of benzene rings is 2. The number of ether oxygens (including phenoxy) is 3. The van der Waals surface area contributed by atoms with Crippen molar-refractivity contribution in [1.29, 1.82) is 0 Å². The van der Waals surface area contributed by atoms with Crippen molar-refractivity contribution < 1.29 is 46.2 Å². The maximum Gasteiger partial charge on any atom is 0.509 e. The normalized spacial score (nSPS) is 23.5. The summed E-state index contributed by atoms with van der Waals surface area (Å²) in [4.78, 5) is 43.3. The van der Waals surface area contributed by atoms with Gasteiger partial charge in [0.15, 0.2) is 0 Å². The first kappa shape index (κ1) is 34.0. The Balaban J connectivity index is 1.40. The lowest BCUT2D eigenvalue weighted by atomic mass is 10.1. The lowest BCUT2D eigenvalue weighted by Gasteiger charge is -2.32. The summed E-state index contributed by atoms with van der Waals surface area (Å²) in [6.07, 6.45) is -5.96. The minimum Gasteiger partial charge on any atom is -0.429 e. The van der Waals surface area contributed by atoms with E-state index in [0.29, 0.717) is 29.5 Å². The van der Waals surface area contributed by atoms with Crippen LogP contribution in [0.5, 0.6) is 5.75 Å². The third kappa shape index (κ3) is 8.14. The van der Waals surface area contributed by atoms with Crippen molar-refractivity contribution in [3.63, 3.8) is 0 Å². The van der Waals surface area contributed by atoms with E-state index in [4.69, 9.17) is 23.3 Å². The van der Waals surface area contributed by atoms with Gasteiger partial charge in [0.25, 0.3) is 0 Å². The van der Waals surface area contributed by atoms with Crippen molar-refractivity contribution >= 4 is 25.6 Å². The van der Waals surface area contributed by atoms with Crippen LogP contribution in [0.4, 0.5) is 19.4 Å². The number of rotatable bonds is 12. The average molecular weight is 678 g/mol. The Morgan fingerprint density at radius 3 is 2.49 bits per heavy atom. The molecule has 0 radical (unpaired) electrons. The molecule has 0 spiro atoms. The highest BCUT2D eigenvalue weighted by Gasteiger charge is 2.63. The van der Waals surface area contributed by atoms with Crippen molar-refractivity contribution in [3.05, 3.63) is 89.0 Å². The number of carbonyl (C=O) groups is 2. The summed E-state index contributed by atoms with van der Waals surface area (Å²) < 4.78 is 73.8. The van der Waals surface area contributed by atoms with E-state index in [1.54, 1.807) is 55.6 Å². The SMILES string of the molecule is CNc1ccn(C2OC(COP(=O)(NC3CCCN(C)C3=O)Oc3ccccc3)C(OC(=O)OCc3ccccc3)C2(F)F)c(=O)n1. The van der Waals surface area contributed by atoms with Crippen LogP contribution in [-0.4, -0.2) is 77.9 Å². The van der Waals surface area contributed by atoms with Crippen LogP contribution in [0.3, 0.4) is 0 Å². The maximum absolute atomic E-state index is 16.0. The molecule has 0 saturated carbocycles. The molecule has 2 saturated heterocycles. The minimum atomic E-state index is -4.48. The summed E-state index contributed by atoms with van der Waals surface area (Å²) in [5.41, 5.74) is -0.500. The van der Waals surface area contributed by atoms with Crippen molar-refractivity contribution in [2.45, 2.75) is 49.8 Å². The number of carbonyl (C=O) groups excluding carboxylic acids is 2. The summed E-state index contributed by atoms with van der Waals surface area (Å²) in [7, 11) is -1.39. The second-order valence-corrected chi connectivity index (χ2v) is 12.5. The first-order valence-electron chi connectivity index (χ1n) is 14.7. The molecule has 0 bridgehead atoms. The number of anilines is 1. The number of halogens is 2. The number of nitrogens with one attached hydrogen (secondary N) is 2. The number of aromatic nitrogens is 2. The third-order valence-electron chi connectivity index (χ3n) is 7.46. The van der Waals surface area contributed by atoms with Gasteiger partial charge in [-0.2, -0.15) is 18.9 Å². The van der Waals surface area contributed by atoms with Crippen LogP contribution in [-0.2, 0) is 34.7 Å². The fourth-order valence-electron chi connectivity index (χ4n) is 5.06. The molecule has 47 heavy (non-hydrogen) atoms. The number of amides is 1. The number of likely N-dealkylation sites (N-methyl/N-ethyl adjacent to an activating group) is 1. The largest absolute Gasteiger partial charge is 0.509 e. The summed E-state index contributed by atoms with van der Waals surface area (Å²) in [6, 6.07) is 16.7. The highest BCUT2D eigenvalue weighted by molar-refractivity contribution is 7.52. The van der Waals surface area contributed by atoms with Crippen LogP contribution < -0.4 is 20.6 Å². The molecule has 5 rings (SSSR count). The van der Waals surface area contributed by atoms with Gasteiger partial charge in [-0.3, -0.25) is 13.9 Å². The van der Waals surface area contributed by atoms with Crippen molar-refractivity contribution in [3.8, 4) is 5.75 Å². The standard InChI is InChI=1S/C30H34F2N5O9P/c1-33-24-15-17-37(28(39)34-24)27-30(31,32)25(45-29(40)42-18-20-10-5-3-6-11-20)23(44-27)19-43-47(41,46-21-12-7-4-8-13-21)35-22-14-9-16-36(2)26(22)38/h3-8,10-13,15,17,22-23,25,27H,9,14,16,18-19H2,1-2H3,(H,35,41)(H,33,34,39). The van der Waals surface area contributed by atoms with E-state index in [1.165, 1.54) is 30.1 Å². The first-order valence-corrected chi connectivity index (χ1v) is 16.2. The Hall–Kier alpha value is -4.37. The van der Waals surface area contributed by atoms with Gasteiger partial charge < -0.3 is 29.0 Å². The van der Waals surface area contributed by atoms with Crippen LogP contribution in [0.15, 0.2) is 77.7 Å². The Bertz CT molecular complexity index is 1650. The van der Waals surface area contributed by atoms with E-state index in [1.807, 2.05) is 0 Å². The van der Waals surface area contributed by atoms with Gasteiger partial charge in [-0.25, -0.2) is 14.2 Å². The highest BCUT2D eigenvalue weighted by atomic mass is 31.2. The summed E-state index contributed by atoms with van der Waals surface area (Å²) in [5.74, 6) is -4.17. The van der Waals surface area contributed by atoms with Crippen LogP contribution in [0.1, 0.15) is 24.6 Å². The van der Waals surface area contributed by atoms with E-state index in [-0.39, 0.29) is 24.1 Å². The van der Waals surface area contributed by atoms with E-state index >= 15 is 8.78 Å². The Kier molecular flexibility index (Phi) is 10.5. The number of piperidine rings is 1. The monoisotopic (exact) mass is 677 g/mol. The molecule has 5 unspecified atom stereocenters. The van der Waals surface area contributed by atoms with Gasteiger partial charge in [0.05, 0.1) is 12.6 Å². The molecule has 1 aromatic heterocycles. The van der Waals surface area contributed by atoms with E-state index < -0.39 is 56.6 Å². The van der Waals surface area contributed by atoms with Crippen molar-refractivity contribution in [1.82, 2.24) is 19.5 Å². The number of para-hydroxylation sites is 1. The van der Waals surface area contributed by atoms with Gasteiger partial charge in [-0.1, -0.05) is 48.5 Å². The topological polar surface area (TPSA) is 160 Å². The number of nitrogens with zero attached hydrogens (tertiary/aromatic N) is 3. The van der Waals surface area contributed by atoms with Gasteiger partial charge in [0, 0.05) is 26.8 Å². The minimum absolute atomic E-state index is 0.107.